The molecule has 0 atom stereocenters. The predicted octanol–water partition coefficient (Wildman–Crippen LogP) is 3.94. The third-order valence-corrected chi connectivity index (χ3v) is 2.87. The second kappa shape index (κ2) is 5.54. The van der Waals surface area contributed by atoms with E-state index in [9.17, 15) is 13.2 Å². The summed E-state index contributed by atoms with van der Waals surface area (Å²) in [5.41, 5.74) is 5.24. The highest BCUT2D eigenvalue weighted by Crippen LogP contribution is 2.31. The lowest BCUT2D eigenvalue weighted by atomic mass is 10.2. The first-order valence-electron chi connectivity index (χ1n) is 5.35. The van der Waals surface area contributed by atoms with Crippen molar-refractivity contribution in [1.29, 1.82) is 5.41 Å². The van der Waals surface area contributed by atoms with Crippen molar-refractivity contribution >= 4 is 21.8 Å². The van der Waals surface area contributed by atoms with Gasteiger partial charge in [-0.1, -0.05) is 15.9 Å². The van der Waals surface area contributed by atoms with Gasteiger partial charge < -0.3 is 10.5 Å². The van der Waals surface area contributed by atoms with Crippen LogP contribution in [0.5, 0.6) is 11.5 Å². The van der Waals surface area contributed by atoms with Crippen LogP contribution in [0.25, 0.3) is 0 Å². The SMILES string of the molecule is N=C(N)c1cc(F)ccc1Oc1cc(Br)cc(F)c1F. The molecular weight excluding hydrogens is 337 g/mol. The van der Waals surface area contributed by atoms with Gasteiger partial charge in [-0.25, -0.2) is 8.78 Å². The molecule has 0 aromatic heterocycles. The average molecular weight is 345 g/mol. The average Bonchev–Trinajstić information content (AvgIpc) is 2.37. The van der Waals surface area contributed by atoms with Gasteiger partial charge in [-0.05, 0) is 30.3 Å². The summed E-state index contributed by atoms with van der Waals surface area (Å²) in [6.07, 6.45) is 0. The van der Waals surface area contributed by atoms with E-state index in [0.29, 0.717) is 0 Å². The molecule has 7 heteroatoms. The largest absolute Gasteiger partial charge is 0.453 e. The van der Waals surface area contributed by atoms with E-state index >= 15 is 0 Å². The van der Waals surface area contributed by atoms with Gasteiger partial charge in [-0.15, -0.1) is 0 Å². The van der Waals surface area contributed by atoms with Crippen LogP contribution in [0.15, 0.2) is 34.8 Å². The van der Waals surface area contributed by atoms with E-state index in [4.69, 9.17) is 15.9 Å². The highest BCUT2D eigenvalue weighted by molar-refractivity contribution is 9.10. The topological polar surface area (TPSA) is 59.1 Å². The van der Waals surface area contributed by atoms with E-state index < -0.39 is 29.0 Å². The second-order valence-corrected chi connectivity index (χ2v) is 4.77. The number of nitrogens with one attached hydrogen (secondary N) is 1. The third-order valence-electron chi connectivity index (χ3n) is 2.41. The third kappa shape index (κ3) is 2.93. The van der Waals surface area contributed by atoms with Crippen molar-refractivity contribution in [2.75, 3.05) is 0 Å². The first kappa shape index (κ1) is 14.4. The Bertz CT molecular complexity index is 692. The molecule has 0 radical (unpaired) electrons. The molecule has 3 nitrogen and oxygen atoms in total. The van der Waals surface area contributed by atoms with Crippen molar-refractivity contribution in [3.8, 4) is 11.5 Å². The molecule has 0 aliphatic heterocycles. The predicted molar refractivity (Wildman–Crippen MR) is 71.5 cm³/mol. The molecule has 0 unspecified atom stereocenters. The molecule has 2 aromatic rings. The minimum absolute atomic E-state index is 0.0460. The second-order valence-electron chi connectivity index (χ2n) is 3.86. The van der Waals surface area contributed by atoms with E-state index in [1.54, 1.807) is 0 Å². The van der Waals surface area contributed by atoms with Crippen LogP contribution in [0.2, 0.25) is 0 Å². The van der Waals surface area contributed by atoms with Gasteiger partial charge >= 0.3 is 0 Å². The molecule has 20 heavy (non-hydrogen) atoms. The van der Waals surface area contributed by atoms with Crippen molar-refractivity contribution in [3.63, 3.8) is 0 Å². The molecule has 0 aliphatic rings. The number of rotatable bonds is 3. The molecule has 2 rings (SSSR count). The number of halogens is 4. The molecule has 104 valence electrons. The molecule has 0 spiro atoms. The van der Waals surface area contributed by atoms with Crippen LogP contribution in [-0.4, -0.2) is 5.84 Å². The van der Waals surface area contributed by atoms with Crippen LogP contribution in [-0.2, 0) is 0 Å². The number of nitrogen functional groups attached to an aromatic ring is 1. The van der Waals surface area contributed by atoms with Gasteiger partial charge in [0.25, 0.3) is 0 Å². The Kier molecular flexibility index (Phi) is 3.99. The van der Waals surface area contributed by atoms with E-state index in [1.807, 2.05) is 0 Å². The molecule has 0 bridgehead atoms. The van der Waals surface area contributed by atoms with Crippen LogP contribution in [0.4, 0.5) is 13.2 Å². The summed E-state index contributed by atoms with van der Waals surface area (Å²) < 4.78 is 45.4. The molecule has 0 saturated heterocycles. The summed E-state index contributed by atoms with van der Waals surface area (Å²) in [4.78, 5) is 0. The summed E-state index contributed by atoms with van der Waals surface area (Å²) in [6, 6.07) is 5.38. The van der Waals surface area contributed by atoms with Crippen LogP contribution in [0.3, 0.4) is 0 Å². The molecular formula is C13H8BrF3N2O. The smallest absolute Gasteiger partial charge is 0.201 e. The highest BCUT2D eigenvalue weighted by atomic mass is 79.9. The summed E-state index contributed by atoms with van der Waals surface area (Å²) in [6.45, 7) is 0. The number of hydrogen-bond acceptors (Lipinski definition) is 2. The Labute approximate surface area is 120 Å². The monoisotopic (exact) mass is 344 g/mol. The van der Waals surface area contributed by atoms with Crippen LogP contribution < -0.4 is 10.5 Å². The van der Waals surface area contributed by atoms with Gasteiger partial charge in [-0.2, -0.15) is 4.39 Å². The zero-order chi connectivity index (χ0) is 14.9. The maximum Gasteiger partial charge on any atom is 0.201 e. The molecule has 3 N–H and O–H groups in total. The molecule has 0 heterocycles. The van der Waals surface area contributed by atoms with E-state index in [0.717, 1.165) is 18.2 Å². The van der Waals surface area contributed by atoms with E-state index in [2.05, 4.69) is 15.9 Å². The lowest BCUT2D eigenvalue weighted by Crippen LogP contribution is -2.12. The van der Waals surface area contributed by atoms with Crippen molar-refractivity contribution in [2.24, 2.45) is 5.73 Å². The van der Waals surface area contributed by atoms with Gasteiger partial charge in [0.2, 0.25) is 5.82 Å². The summed E-state index contributed by atoms with van der Waals surface area (Å²) in [5.74, 6) is -3.80. The van der Waals surface area contributed by atoms with Gasteiger partial charge in [-0.3, -0.25) is 5.41 Å². The Hall–Kier alpha value is -2.02. The Morgan fingerprint density at radius 3 is 2.45 bits per heavy atom. The van der Waals surface area contributed by atoms with Crippen molar-refractivity contribution in [3.05, 3.63) is 57.8 Å². The van der Waals surface area contributed by atoms with Crippen LogP contribution >= 0.6 is 15.9 Å². The van der Waals surface area contributed by atoms with Crippen molar-refractivity contribution in [2.45, 2.75) is 0 Å². The number of hydrogen-bond donors (Lipinski definition) is 2. The minimum atomic E-state index is -1.19. The summed E-state index contributed by atoms with van der Waals surface area (Å²) in [7, 11) is 0. The fraction of sp³-hybridized carbons (Fsp3) is 0. The Balaban J connectivity index is 2.48. The molecule has 0 fully saturated rings. The quantitative estimate of drug-likeness (QED) is 0.503. The zero-order valence-electron chi connectivity index (χ0n) is 9.88. The Morgan fingerprint density at radius 1 is 1.10 bits per heavy atom. The van der Waals surface area contributed by atoms with E-state index in [1.165, 1.54) is 12.1 Å². The number of ether oxygens (including phenoxy) is 1. The van der Waals surface area contributed by atoms with Gasteiger partial charge in [0.05, 0.1) is 5.56 Å². The molecule has 0 saturated carbocycles. The maximum atomic E-state index is 13.6. The van der Waals surface area contributed by atoms with Gasteiger partial charge in [0, 0.05) is 4.47 Å². The molecule has 2 aromatic carbocycles. The maximum absolute atomic E-state index is 13.6. The lowest BCUT2D eigenvalue weighted by Gasteiger charge is -2.11. The highest BCUT2D eigenvalue weighted by Gasteiger charge is 2.15. The molecule has 0 aliphatic carbocycles. The van der Waals surface area contributed by atoms with Gasteiger partial charge in [0.1, 0.15) is 17.4 Å². The summed E-state index contributed by atoms with van der Waals surface area (Å²) in [5, 5.41) is 7.33. The molecule has 0 amide bonds. The first-order valence-corrected chi connectivity index (χ1v) is 6.14. The number of amidine groups is 1. The zero-order valence-corrected chi connectivity index (χ0v) is 11.5. The van der Waals surface area contributed by atoms with Crippen molar-refractivity contribution < 1.29 is 17.9 Å². The fourth-order valence-electron chi connectivity index (χ4n) is 1.53. The first-order chi connectivity index (χ1) is 9.38. The van der Waals surface area contributed by atoms with Crippen LogP contribution in [0, 0.1) is 22.9 Å². The normalized spacial score (nSPS) is 10.4. The minimum Gasteiger partial charge on any atom is -0.453 e. The van der Waals surface area contributed by atoms with Crippen LogP contribution in [0.1, 0.15) is 5.56 Å². The van der Waals surface area contributed by atoms with E-state index in [-0.39, 0.29) is 15.8 Å². The Morgan fingerprint density at radius 2 is 1.80 bits per heavy atom. The number of benzene rings is 2. The lowest BCUT2D eigenvalue weighted by molar-refractivity contribution is 0.414. The van der Waals surface area contributed by atoms with Crippen molar-refractivity contribution in [1.82, 2.24) is 0 Å². The number of nitrogens with two attached hydrogens (primary N) is 1. The standard InChI is InChI=1S/C13H8BrF3N2O/c14-6-3-9(16)12(17)11(4-6)20-10-2-1-7(15)5-8(10)13(18)19/h1-5H,(H3,18,19). The van der Waals surface area contributed by atoms with Gasteiger partial charge in [0.15, 0.2) is 11.6 Å². The fourth-order valence-corrected chi connectivity index (χ4v) is 1.94. The summed E-state index contributed by atoms with van der Waals surface area (Å²) >= 11 is 3.01.